The maximum Gasteiger partial charge on any atom is 0.417 e. The molecule has 1 aromatic carbocycles. The molecule has 3 heterocycles. The summed E-state index contributed by atoms with van der Waals surface area (Å²) >= 11 is 0. The minimum Gasteiger partial charge on any atom is -0.368 e. The zero-order chi connectivity index (χ0) is 23.9. The molecule has 3 aromatic rings. The quantitative estimate of drug-likeness (QED) is 0.574. The molecule has 2 aromatic heterocycles. The van der Waals surface area contributed by atoms with Crippen molar-refractivity contribution in [2.45, 2.75) is 44.4 Å². The van der Waals surface area contributed by atoms with Crippen molar-refractivity contribution in [1.82, 2.24) is 19.9 Å². The van der Waals surface area contributed by atoms with E-state index >= 15 is 0 Å². The van der Waals surface area contributed by atoms with Crippen molar-refractivity contribution in [2.75, 3.05) is 11.9 Å². The summed E-state index contributed by atoms with van der Waals surface area (Å²) in [6.45, 7) is 2.36. The number of benzene rings is 1. The highest BCUT2D eigenvalue weighted by atomic mass is 19.4. The lowest BCUT2D eigenvalue weighted by atomic mass is 9.80. The molecule has 2 aliphatic rings. The highest BCUT2D eigenvalue weighted by molar-refractivity contribution is 6.01. The van der Waals surface area contributed by atoms with Gasteiger partial charge < -0.3 is 10.2 Å². The summed E-state index contributed by atoms with van der Waals surface area (Å²) < 4.78 is 38.4. The van der Waals surface area contributed by atoms with Crippen LogP contribution in [0.1, 0.15) is 40.7 Å². The predicted molar refractivity (Wildman–Crippen MR) is 121 cm³/mol. The molecule has 34 heavy (non-hydrogen) atoms. The molecule has 1 N–H and O–H groups in total. The number of rotatable bonds is 5. The Labute approximate surface area is 195 Å². The minimum absolute atomic E-state index is 0.0643. The molecule has 3 atom stereocenters. The monoisotopic (exact) mass is 467 g/mol. The van der Waals surface area contributed by atoms with Gasteiger partial charge in [0.2, 0.25) is 0 Å². The zero-order valence-corrected chi connectivity index (χ0v) is 18.6. The number of fused-ring (bicyclic) bond motifs is 1. The summed E-state index contributed by atoms with van der Waals surface area (Å²) in [6, 6.07) is 9.85. The minimum atomic E-state index is -4.42. The lowest BCUT2D eigenvalue weighted by molar-refractivity contribution is -0.137. The van der Waals surface area contributed by atoms with E-state index in [0.717, 1.165) is 37.1 Å². The van der Waals surface area contributed by atoms with Crippen molar-refractivity contribution in [3.05, 3.63) is 71.7 Å². The van der Waals surface area contributed by atoms with Crippen LogP contribution >= 0.6 is 0 Å². The summed E-state index contributed by atoms with van der Waals surface area (Å²) in [5.74, 6) is 1.23. The number of nitrogens with one attached hydrogen (secondary N) is 1. The van der Waals surface area contributed by atoms with Crippen LogP contribution in [0.5, 0.6) is 0 Å². The predicted octanol–water partition coefficient (Wildman–Crippen LogP) is 4.97. The van der Waals surface area contributed by atoms with Crippen LogP contribution in [0.25, 0.3) is 11.4 Å². The number of alkyl halides is 3. The molecule has 0 spiro atoms. The van der Waals surface area contributed by atoms with Crippen LogP contribution < -0.4 is 5.32 Å². The Kier molecular flexibility index (Phi) is 5.71. The van der Waals surface area contributed by atoms with E-state index in [9.17, 15) is 18.0 Å². The highest BCUT2D eigenvalue weighted by Crippen LogP contribution is 2.45. The zero-order valence-electron chi connectivity index (χ0n) is 18.6. The van der Waals surface area contributed by atoms with E-state index in [1.54, 1.807) is 18.5 Å². The standard InChI is InChI=1S/C25H24F3N5O/c1-15-3-6-19(23-29-9-2-10-30-23)20(11-15)24(34)33-18(12-16-4-7-21(16)33)14-32-22-8-5-17(13-31-22)25(26,27)28/h2-3,5-6,8-11,13,16,18,21H,4,7,12,14H2,1H3,(H,31,32)/t16-,18+,21?/m1/s1. The van der Waals surface area contributed by atoms with Crippen molar-refractivity contribution < 1.29 is 18.0 Å². The molecular weight excluding hydrogens is 443 g/mol. The summed E-state index contributed by atoms with van der Waals surface area (Å²) in [5, 5.41) is 3.13. The second-order valence-corrected chi connectivity index (χ2v) is 8.94. The Balaban J connectivity index is 1.38. The van der Waals surface area contributed by atoms with E-state index in [-0.39, 0.29) is 18.0 Å². The van der Waals surface area contributed by atoms with E-state index in [2.05, 4.69) is 20.3 Å². The molecule has 1 unspecified atom stereocenters. The van der Waals surface area contributed by atoms with Crippen molar-refractivity contribution >= 4 is 11.7 Å². The van der Waals surface area contributed by atoms with Gasteiger partial charge in [-0.2, -0.15) is 13.2 Å². The number of carbonyl (C=O) groups excluding carboxylic acids is 1. The third-order valence-corrected chi connectivity index (χ3v) is 6.76. The Morgan fingerprint density at radius 2 is 1.91 bits per heavy atom. The second kappa shape index (κ2) is 8.70. The number of hydrogen-bond donors (Lipinski definition) is 1. The molecule has 1 aliphatic carbocycles. The number of likely N-dealkylation sites (tertiary alicyclic amines) is 1. The third kappa shape index (κ3) is 4.22. The van der Waals surface area contributed by atoms with E-state index in [1.165, 1.54) is 6.07 Å². The van der Waals surface area contributed by atoms with Crippen molar-refractivity contribution in [3.63, 3.8) is 0 Å². The molecule has 0 radical (unpaired) electrons. The van der Waals surface area contributed by atoms with E-state index in [4.69, 9.17) is 0 Å². The largest absolute Gasteiger partial charge is 0.417 e. The lowest BCUT2D eigenvalue weighted by Crippen LogP contribution is -2.47. The van der Waals surface area contributed by atoms with Crippen LogP contribution in [-0.2, 0) is 6.18 Å². The van der Waals surface area contributed by atoms with Gasteiger partial charge >= 0.3 is 6.18 Å². The molecule has 1 aliphatic heterocycles. The summed E-state index contributed by atoms with van der Waals surface area (Å²) in [6.07, 6.45) is 2.58. The fourth-order valence-electron chi connectivity index (χ4n) is 4.92. The Morgan fingerprint density at radius 3 is 2.56 bits per heavy atom. The van der Waals surface area contributed by atoms with Crippen LogP contribution in [0.15, 0.2) is 55.0 Å². The van der Waals surface area contributed by atoms with Gasteiger partial charge in [0, 0.05) is 42.8 Å². The van der Waals surface area contributed by atoms with Gasteiger partial charge in [0.25, 0.3) is 5.91 Å². The number of nitrogens with zero attached hydrogens (tertiary/aromatic N) is 4. The SMILES string of the molecule is Cc1ccc(-c2ncccn2)c(C(=O)N2C3CC[C@@H]3C[C@H]2CNc2ccc(C(F)(F)F)cn2)c1. The summed E-state index contributed by atoms with van der Waals surface area (Å²) in [5.41, 5.74) is 1.44. The lowest BCUT2D eigenvalue weighted by Gasteiger charge is -2.38. The molecule has 5 rings (SSSR count). The fourth-order valence-corrected chi connectivity index (χ4v) is 4.92. The molecule has 0 bridgehead atoms. The molecule has 1 amide bonds. The van der Waals surface area contributed by atoms with Gasteiger partial charge in [0.1, 0.15) is 5.82 Å². The Bertz CT molecular complexity index is 1180. The van der Waals surface area contributed by atoms with Crippen molar-refractivity contribution in [3.8, 4) is 11.4 Å². The van der Waals surface area contributed by atoms with Gasteiger partial charge in [0.15, 0.2) is 5.82 Å². The first-order valence-corrected chi connectivity index (χ1v) is 11.3. The Morgan fingerprint density at radius 1 is 1.12 bits per heavy atom. The van der Waals surface area contributed by atoms with Crippen LogP contribution in [0.2, 0.25) is 0 Å². The van der Waals surface area contributed by atoms with Crippen LogP contribution in [0.4, 0.5) is 19.0 Å². The van der Waals surface area contributed by atoms with Crippen LogP contribution in [0.3, 0.4) is 0 Å². The summed E-state index contributed by atoms with van der Waals surface area (Å²) in [7, 11) is 0. The van der Waals surface area contributed by atoms with E-state index in [1.807, 2.05) is 30.0 Å². The van der Waals surface area contributed by atoms with Crippen molar-refractivity contribution in [1.29, 1.82) is 0 Å². The molecule has 6 nitrogen and oxygen atoms in total. The normalized spacial score (nSPS) is 21.6. The summed E-state index contributed by atoms with van der Waals surface area (Å²) in [4.78, 5) is 28.4. The first-order chi connectivity index (χ1) is 16.3. The van der Waals surface area contributed by atoms with Crippen molar-refractivity contribution in [2.24, 2.45) is 5.92 Å². The molecule has 176 valence electrons. The molecule has 1 saturated carbocycles. The number of hydrogen-bond acceptors (Lipinski definition) is 5. The average Bonchev–Trinajstić information content (AvgIpc) is 3.06. The first-order valence-electron chi connectivity index (χ1n) is 11.3. The van der Waals surface area contributed by atoms with E-state index in [0.29, 0.717) is 35.2 Å². The number of aryl methyl sites for hydroxylation is 1. The number of amides is 1. The number of pyridine rings is 1. The number of carbonyl (C=O) groups is 1. The molecule has 2 fully saturated rings. The number of anilines is 1. The maximum atomic E-state index is 13.9. The van der Waals surface area contributed by atoms with Gasteiger partial charge in [-0.1, -0.05) is 17.7 Å². The van der Waals surface area contributed by atoms with Gasteiger partial charge in [-0.25, -0.2) is 15.0 Å². The molecule has 9 heteroatoms. The van der Waals surface area contributed by atoms with Gasteiger partial charge in [-0.05, 0) is 56.4 Å². The average molecular weight is 467 g/mol. The van der Waals surface area contributed by atoms with E-state index < -0.39 is 11.7 Å². The second-order valence-electron chi connectivity index (χ2n) is 8.94. The number of aromatic nitrogens is 3. The topological polar surface area (TPSA) is 71.0 Å². The smallest absolute Gasteiger partial charge is 0.368 e. The van der Waals surface area contributed by atoms with Gasteiger partial charge in [-0.3, -0.25) is 4.79 Å². The first kappa shape index (κ1) is 22.3. The maximum absolute atomic E-state index is 13.9. The molecular formula is C25H24F3N5O. The van der Waals surface area contributed by atoms with Gasteiger partial charge in [-0.15, -0.1) is 0 Å². The highest BCUT2D eigenvalue weighted by Gasteiger charge is 2.48. The number of halogens is 3. The van der Waals surface area contributed by atoms with Gasteiger partial charge in [0.05, 0.1) is 11.1 Å². The van der Waals surface area contributed by atoms with Crippen LogP contribution in [0, 0.1) is 12.8 Å². The third-order valence-electron chi connectivity index (χ3n) is 6.76. The van der Waals surface area contributed by atoms with Crippen LogP contribution in [-0.4, -0.2) is 44.4 Å². The Hall–Kier alpha value is -3.49. The fraction of sp³-hybridized carbons (Fsp3) is 0.360. The molecule has 1 saturated heterocycles.